The summed E-state index contributed by atoms with van der Waals surface area (Å²) in [6.07, 6.45) is 0.704. The van der Waals surface area contributed by atoms with Crippen LogP contribution in [0.1, 0.15) is 27.2 Å². The van der Waals surface area contributed by atoms with Crippen LogP contribution in [0.2, 0.25) is 0 Å². The summed E-state index contributed by atoms with van der Waals surface area (Å²) in [6.45, 7) is 4.19. The maximum atomic E-state index is 13.0. The van der Waals surface area contributed by atoms with Crippen LogP contribution < -0.4 is 15.4 Å². The summed E-state index contributed by atoms with van der Waals surface area (Å²) in [7, 11) is 0. The minimum Gasteiger partial charge on any atom is -0.461 e. The monoisotopic (exact) mass is 305 g/mol. The molecule has 1 rings (SSSR count). The molecule has 1 heterocycles. The lowest BCUT2D eigenvalue weighted by Crippen LogP contribution is -2.31. The highest BCUT2D eigenvalue weighted by atomic mass is 19.3. The molecule has 7 nitrogen and oxygen atoms in total. The Labute approximate surface area is 122 Å². The van der Waals surface area contributed by atoms with Gasteiger partial charge in [-0.1, -0.05) is 6.92 Å². The molecule has 120 valence electrons. The molecule has 0 radical (unpaired) electrons. The second-order valence-electron chi connectivity index (χ2n) is 4.73. The van der Waals surface area contributed by atoms with E-state index in [2.05, 4.69) is 25.6 Å². The second-order valence-corrected chi connectivity index (χ2v) is 4.73. The average molecular weight is 305 g/mol. The van der Waals surface area contributed by atoms with E-state index in [9.17, 15) is 8.78 Å². The van der Waals surface area contributed by atoms with Gasteiger partial charge in [0.2, 0.25) is 11.9 Å². The Morgan fingerprint density at radius 2 is 1.81 bits per heavy atom. The molecule has 0 atom stereocenters. The lowest BCUT2D eigenvalue weighted by atomic mass is 10.3. The van der Waals surface area contributed by atoms with Gasteiger partial charge in [-0.25, -0.2) is 8.78 Å². The first-order valence-corrected chi connectivity index (χ1v) is 6.75. The van der Waals surface area contributed by atoms with Crippen LogP contribution >= 0.6 is 0 Å². The molecular formula is C12H21F2N5O2. The smallest absolute Gasteiger partial charge is 0.323 e. The van der Waals surface area contributed by atoms with Gasteiger partial charge >= 0.3 is 6.01 Å². The zero-order chi connectivity index (χ0) is 15.9. The van der Waals surface area contributed by atoms with Crippen LogP contribution in [0.25, 0.3) is 0 Å². The average Bonchev–Trinajstić information content (AvgIpc) is 2.42. The number of alkyl halides is 2. The highest BCUT2D eigenvalue weighted by Crippen LogP contribution is 2.16. The Hall–Kier alpha value is -1.77. The molecule has 0 spiro atoms. The van der Waals surface area contributed by atoms with E-state index in [1.807, 2.05) is 6.92 Å². The van der Waals surface area contributed by atoms with Crippen molar-refractivity contribution in [2.24, 2.45) is 0 Å². The number of rotatable bonds is 9. The Kier molecular flexibility index (Phi) is 6.47. The van der Waals surface area contributed by atoms with Gasteiger partial charge in [-0.05, 0) is 20.3 Å². The first-order valence-electron chi connectivity index (χ1n) is 6.75. The topological polar surface area (TPSA) is 92.2 Å². The number of hydrogen-bond donors (Lipinski definition) is 3. The third-order valence-electron chi connectivity index (χ3n) is 2.23. The van der Waals surface area contributed by atoms with Gasteiger partial charge in [-0.2, -0.15) is 15.0 Å². The van der Waals surface area contributed by atoms with Gasteiger partial charge in [0.15, 0.2) is 0 Å². The van der Waals surface area contributed by atoms with Crippen molar-refractivity contribution < 1.29 is 18.6 Å². The number of hydrogen-bond acceptors (Lipinski definition) is 7. The highest BCUT2D eigenvalue weighted by molar-refractivity contribution is 5.36. The Morgan fingerprint density at radius 1 is 1.19 bits per heavy atom. The quantitative estimate of drug-likeness (QED) is 0.637. The van der Waals surface area contributed by atoms with Crippen LogP contribution in [0.4, 0.5) is 20.7 Å². The largest absolute Gasteiger partial charge is 0.461 e. The molecule has 0 bridgehead atoms. The van der Waals surface area contributed by atoms with Crippen LogP contribution in [0, 0.1) is 0 Å². The van der Waals surface area contributed by atoms with Crippen molar-refractivity contribution in [2.45, 2.75) is 39.2 Å². The summed E-state index contributed by atoms with van der Waals surface area (Å²) >= 11 is 0. The van der Waals surface area contributed by atoms with Gasteiger partial charge in [0.25, 0.3) is 5.92 Å². The summed E-state index contributed by atoms with van der Waals surface area (Å²) in [6, 6.07) is 0.0495. The van der Waals surface area contributed by atoms with E-state index in [1.54, 1.807) is 13.8 Å². The van der Waals surface area contributed by atoms with Gasteiger partial charge in [0.05, 0.1) is 12.6 Å². The van der Waals surface area contributed by atoms with Crippen molar-refractivity contribution in [1.29, 1.82) is 0 Å². The molecule has 0 aliphatic carbocycles. The molecule has 0 aliphatic rings. The normalized spacial score (nSPS) is 11.6. The lowest BCUT2D eigenvalue weighted by Gasteiger charge is -2.15. The van der Waals surface area contributed by atoms with Crippen molar-refractivity contribution in [1.82, 2.24) is 15.0 Å². The number of nitrogens with one attached hydrogen (secondary N) is 2. The van der Waals surface area contributed by atoms with Gasteiger partial charge in [0.1, 0.15) is 6.61 Å². The van der Waals surface area contributed by atoms with Crippen molar-refractivity contribution in [3.05, 3.63) is 0 Å². The van der Waals surface area contributed by atoms with E-state index in [-0.39, 0.29) is 24.0 Å². The van der Waals surface area contributed by atoms with Crippen molar-refractivity contribution >= 4 is 11.9 Å². The van der Waals surface area contributed by atoms with E-state index < -0.39 is 19.1 Å². The number of anilines is 2. The minimum absolute atomic E-state index is 0.0348. The Morgan fingerprint density at radius 3 is 2.33 bits per heavy atom. The molecule has 0 amide bonds. The fourth-order valence-electron chi connectivity index (χ4n) is 1.28. The van der Waals surface area contributed by atoms with E-state index in [4.69, 9.17) is 9.84 Å². The first-order chi connectivity index (χ1) is 9.86. The summed E-state index contributed by atoms with van der Waals surface area (Å²) < 4.78 is 31.4. The van der Waals surface area contributed by atoms with E-state index in [1.165, 1.54) is 0 Å². The molecule has 0 fully saturated rings. The van der Waals surface area contributed by atoms with Crippen molar-refractivity contribution in [3.63, 3.8) is 0 Å². The molecule has 21 heavy (non-hydrogen) atoms. The minimum atomic E-state index is -3.25. The zero-order valence-corrected chi connectivity index (χ0v) is 12.4. The fraction of sp³-hybridized carbons (Fsp3) is 0.750. The zero-order valence-electron chi connectivity index (χ0n) is 12.4. The molecule has 0 saturated heterocycles. The van der Waals surface area contributed by atoms with Gasteiger partial charge in [0, 0.05) is 6.54 Å². The van der Waals surface area contributed by atoms with Crippen LogP contribution in [-0.4, -0.2) is 51.8 Å². The van der Waals surface area contributed by atoms with Crippen molar-refractivity contribution in [2.75, 3.05) is 30.3 Å². The number of aliphatic hydroxyl groups is 1. The fourth-order valence-corrected chi connectivity index (χ4v) is 1.28. The van der Waals surface area contributed by atoms with Gasteiger partial charge in [-0.3, -0.25) is 0 Å². The van der Waals surface area contributed by atoms with E-state index in [0.29, 0.717) is 6.54 Å². The maximum Gasteiger partial charge on any atom is 0.323 e. The third-order valence-corrected chi connectivity index (χ3v) is 2.23. The summed E-state index contributed by atoms with van der Waals surface area (Å²) in [5, 5.41) is 13.9. The predicted molar refractivity (Wildman–Crippen MR) is 74.9 cm³/mol. The van der Waals surface area contributed by atoms with Gasteiger partial charge < -0.3 is 20.5 Å². The van der Waals surface area contributed by atoms with E-state index >= 15 is 0 Å². The molecule has 0 saturated carbocycles. The lowest BCUT2D eigenvalue weighted by molar-refractivity contribution is -0.0374. The number of aliphatic hydroxyl groups excluding tert-OH is 1. The molecule has 9 heteroatoms. The standard InChI is InChI=1S/C12H21F2N5O2/c1-4-5-15-9-17-10(16-6-12(13,14)7-20)19-11(18-9)21-8(2)3/h8,20H,4-7H2,1-3H3,(H2,15,16,17,18,19). The third kappa shape index (κ3) is 6.48. The first kappa shape index (κ1) is 17.3. The number of nitrogens with zero attached hydrogens (tertiary/aromatic N) is 3. The molecule has 1 aromatic rings. The van der Waals surface area contributed by atoms with Gasteiger partial charge in [-0.15, -0.1) is 0 Å². The Balaban J connectivity index is 2.84. The van der Waals surface area contributed by atoms with E-state index in [0.717, 1.165) is 6.42 Å². The summed E-state index contributed by atoms with van der Waals surface area (Å²) in [5.74, 6) is -3.03. The van der Waals surface area contributed by atoms with Crippen LogP contribution in [0.15, 0.2) is 0 Å². The predicted octanol–water partition coefficient (Wildman–Crippen LogP) is 1.52. The molecule has 0 aromatic carbocycles. The number of halogens is 2. The SMILES string of the molecule is CCCNc1nc(NCC(F)(F)CO)nc(OC(C)C)n1. The molecule has 3 N–H and O–H groups in total. The summed E-state index contributed by atoms with van der Waals surface area (Å²) in [5.41, 5.74) is 0. The molecule has 0 unspecified atom stereocenters. The molecular weight excluding hydrogens is 284 g/mol. The number of aromatic nitrogens is 3. The van der Waals surface area contributed by atoms with Crippen LogP contribution in [0.3, 0.4) is 0 Å². The molecule has 0 aliphatic heterocycles. The number of ether oxygens (including phenoxy) is 1. The maximum absolute atomic E-state index is 13.0. The second kappa shape index (κ2) is 7.87. The summed E-state index contributed by atoms with van der Waals surface area (Å²) in [4.78, 5) is 11.9. The molecule has 1 aromatic heterocycles. The Bertz CT molecular complexity index is 446. The van der Waals surface area contributed by atoms with Crippen LogP contribution in [0.5, 0.6) is 6.01 Å². The van der Waals surface area contributed by atoms with Crippen LogP contribution in [-0.2, 0) is 0 Å². The van der Waals surface area contributed by atoms with Crippen molar-refractivity contribution in [3.8, 4) is 6.01 Å². The highest BCUT2D eigenvalue weighted by Gasteiger charge is 2.27.